The molecule has 14 rings (SSSR count). The summed E-state index contributed by atoms with van der Waals surface area (Å²) in [6.07, 6.45) is 4.18. The van der Waals surface area contributed by atoms with E-state index in [4.69, 9.17) is 9.72 Å². The van der Waals surface area contributed by atoms with Crippen LogP contribution in [0.2, 0.25) is 0 Å². The van der Waals surface area contributed by atoms with Crippen LogP contribution in [-0.2, 0) is 7.05 Å². The second-order valence-corrected chi connectivity index (χ2v) is 17.8. The van der Waals surface area contributed by atoms with Crippen molar-refractivity contribution in [2.75, 3.05) is 0 Å². The molecule has 1 unspecified atom stereocenters. The minimum absolute atomic E-state index is 0.332. The SMILES string of the molecule is Cn1c2[n+](c3ccccc31)[N+]13c4c(cccc4-2)Oc2ccc4c(c21)-n1c2c(cccc2c2ncc[n+]3c21)[Si]41c2ccccc2-c2ccccc21. The van der Waals surface area contributed by atoms with Gasteiger partial charge in [0.25, 0.3) is 5.69 Å². The van der Waals surface area contributed by atoms with Crippen LogP contribution in [0, 0.1) is 0 Å². The summed E-state index contributed by atoms with van der Waals surface area (Å²) in [5.41, 5.74) is 13.1. The van der Waals surface area contributed by atoms with E-state index in [1.165, 1.54) is 65.1 Å². The number of quaternary nitrogens is 1. The van der Waals surface area contributed by atoms with Crippen molar-refractivity contribution in [1.29, 1.82) is 0 Å². The molecule has 3 aromatic heterocycles. The Labute approximate surface area is 285 Å². The Morgan fingerprint density at radius 3 is 2.26 bits per heavy atom. The van der Waals surface area contributed by atoms with E-state index in [1.807, 2.05) is 6.20 Å². The summed E-state index contributed by atoms with van der Waals surface area (Å²) in [5.74, 6) is 2.92. The number of nitrogens with zero attached hydrogens (tertiary/aromatic N) is 6. The normalized spacial score (nSPS) is 18.1. The summed E-state index contributed by atoms with van der Waals surface area (Å²) >= 11 is 0. The minimum Gasteiger partial charge on any atom is -0.444 e. The van der Waals surface area contributed by atoms with E-state index in [1.54, 1.807) is 0 Å². The van der Waals surface area contributed by atoms with Crippen molar-refractivity contribution in [3.63, 3.8) is 0 Å². The lowest BCUT2D eigenvalue weighted by atomic mass is 10.1. The number of benzene rings is 6. The fraction of sp³-hybridized carbons (Fsp3) is 0.0238. The smallest absolute Gasteiger partial charge is 0.369 e. The summed E-state index contributed by atoms with van der Waals surface area (Å²) in [4.78, 5) is 5.20. The van der Waals surface area contributed by atoms with Crippen LogP contribution >= 0.6 is 0 Å². The van der Waals surface area contributed by atoms with Crippen LogP contribution in [0.25, 0.3) is 61.3 Å². The van der Waals surface area contributed by atoms with Crippen LogP contribution in [0.15, 0.2) is 134 Å². The first-order chi connectivity index (χ1) is 24.8. The third-order valence-electron chi connectivity index (χ3n) is 12.3. The number of aromatic nitrogens is 5. The third-order valence-corrected chi connectivity index (χ3v) is 17.3. The molecule has 6 aromatic carbocycles. The molecule has 9 aromatic rings. The maximum absolute atomic E-state index is 7.06. The van der Waals surface area contributed by atoms with E-state index in [9.17, 15) is 0 Å². The molecule has 1 atom stereocenters. The lowest BCUT2D eigenvalue weighted by molar-refractivity contribution is -1.01. The van der Waals surface area contributed by atoms with E-state index in [0.717, 1.165) is 39.9 Å². The van der Waals surface area contributed by atoms with Gasteiger partial charge in [0.2, 0.25) is 17.0 Å². The van der Waals surface area contributed by atoms with Crippen LogP contribution in [0.4, 0.5) is 11.4 Å². The number of imidazole rings is 1. The van der Waals surface area contributed by atoms with Gasteiger partial charge in [-0.15, -0.1) is 0 Å². The third kappa shape index (κ3) is 2.18. The molecular formula is C42H25N6OSi+3. The highest BCUT2D eigenvalue weighted by Gasteiger charge is 2.71. The van der Waals surface area contributed by atoms with Gasteiger partial charge in [-0.2, -0.15) is 4.57 Å². The zero-order chi connectivity index (χ0) is 32.2. The molecule has 2 spiro atoms. The Kier molecular flexibility index (Phi) is 3.76. The summed E-state index contributed by atoms with van der Waals surface area (Å²) in [5, 5.41) is 6.93. The highest BCUT2D eigenvalue weighted by molar-refractivity contribution is 7.23. The Bertz CT molecular complexity index is 3130. The molecule has 0 bridgehead atoms. The number of aryl methyl sites for hydroxylation is 1. The lowest BCUT2D eigenvalue weighted by Crippen LogP contribution is -2.85. The topological polar surface area (TPSA) is 39.7 Å². The molecule has 5 aliphatic heterocycles. The zero-order valence-corrected chi connectivity index (χ0v) is 27.8. The van der Waals surface area contributed by atoms with E-state index in [2.05, 4.69) is 153 Å². The van der Waals surface area contributed by atoms with E-state index in [0.29, 0.717) is 4.70 Å². The molecule has 8 heteroatoms. The fourth-order valence-electron chi connectivity index (χ4n) is 10.8. The number of para-hydroxylation sites is 4. The number of fused-ring (bicyclic) bond motifs is 12. The summed E-state index contributed by atoms with van der Waals surface area (Å²) in [7, 11) is -0.642. The molecule has 0 amide bonds. The van der Waals surface area contributed by atoms with Crippen LogP contribution in [0.5, 0.6) is 11.5 Å². The van der Waals surface area contributed by atoms with Gasteiger partial charge in [0.15, 0.2) is 31.1 Å². The van der Waals surface area contributed by atoms with Crippen molar-refractivity contribution in [2.24, 2.45) is 7.05 Å². The van der Waals surface area contributed by atoms with Crippen LogP contribution < -0.4 is 39.5 Å². The molecule has 0 saturated heterocycles. The summed E-state index contributed by atoms with van der Waals surface area (Å²) in [6, 6.07) is 45.3. The molecule has 8 heterocycles. The van der Waals surface area contributed by atoms with Gasteiger partial charge in [0, 0.05) is 15.0 Å². The molecule has 0 fully saturated rings. The van der Waals surface area contributed by atoms with E-state index in [-0.39, 0.29) is 0 Å². The minimum atomic E-state index is -2.84. The largest absolute Gasteiger partial charge is 0.444 e. The first-order valence-electron chi connectivity index (χ1n) is 17.2. The van der Waals surface area contributed by atoms with Gasteiger partial charge in [0.1, 0.15) is 11.1 Å². The van der Waals surface area contributed by atoms with Gasteiger partial charge in [-0.25, -0.2) is 9.55 Å². The van der Waals surface area contributed by atoms with Crippen molar-refractivity contribution in [3.05, 3.63) is 134 Å². The van der Waals surface area contributed by atoms with Crippen molar-refractivity contribution in [3.8, 4) is 39.7 Å². The monoisotopic (exact) mass is 657 g/mol. The predicted octanol–water partition coefficient (Wildman–Crippen LogP) is 4.88. The Hall–Kier alpha value is -6.35. The van der Waals surface area contributed by atoms with Crippen LogP contribution in [0.3, 0.4) is 0 Å². The summed E-state index contributed by atoms with van der Waals surface area (Å²) in [6.45, 7) is 0. The van der Waals surface area contributed by atoms with Crippen molar-refractivity contribution < 1.29 is 14.1 Å². The second-order valence-electron chi connectivity index (χ2n) is 14.2. The molecule has 0 aliphatic carbocycles. The van der Waals surface area contributed by atoms with E-state index < -0.39 is 8.07 Å². The first-order valence-corrected chi connectivity index (χ1v) is 19.2. The maximum Gasteiger partial charge on any atom is 0.369 e. The van der Waals surface area contributed by atoms with Crippen molar-refractivity contribution in [2.45, 2.75) is 0 Å². The van der Waals surface area contributed by atoms with Crippen LogP contribution in [-0.4, -0.2) is 22.2 Å². The molecule has 7 nitrogen and oxygen atoms in total. The van der Waals surface area contributed by atoms with Crippen LogP contribution in [0.1, 0.15) is 0 Å². The highest BCUT2D eigenvalue weighted by Crippen LogP contribution is 2.60. The number of ether oxygens (including phenoxy) is 1. The predicted molar refractivity (Wildman–Crippen MR) is 196 cm³/mol. The Morgan fingerprint density at radius 2 is 1.40 bits per heavy atom. The van der Waals surface area contributed by atoms with Gasteiger partial charge < -0.3 is 4.74 Å². The molecular weight excluding hydrogens is 633 g/mol. The standard InChI is InChI=1S/C42H25N6OSi/c1-44-28-14-4-5-15-29(28)47-41(44)27-13-8-16-30-39(27)48(47)40-31(49-30)20-21-35-38(40)46-37-26(36-42(46)45(48)23-22-43-36)12-9-19-34(37)50(35)32-17-6-2-10-24(32)25-11-3-7-18-33(25)50/h2-23H,1H3/q+3. The average molecular weight is 658 g/mol. The lowest BCUT2D eigenvalue weighted by Gasteiger charge is -2.39. The van der Waals surface area contributed by atoms with Gasteiger partial charge in [-0.1, -0.05) is 84.9 Å². The quantitative estimate of drug-likeness (QED) is 0.133. The van der Waals surface area contributed by atoms with Crippen molar-refractivity contribution in [1.82, 2.24) is 18.8 Å². The molecule has 230 valence electrons. The van der Waals surface area contributed by atoms with Gasteiger partial charge in [0.05, 0.1) is 23.3 Å². The molecule has 0 saturated carbocycles. The Morgan fingerprint density at radius 1 is 0.680 bits per heavy atom. The van der Waals surface area contributed by atoms with E-state index >= 15 is 0 Å². The highest BCUT2D eigenvalue weighted by atomic mass is 28.3. The summed E-state index contributed by atoms with van der Waals surface area (Å²) < 4.78 is 17.3. The number of hydrogen-bond acceptors (Lipinski definition) is 2. The maximum atomic E-state index is 7.06. The fourth-order valence-corrected chi connectivity index (χ4v) is 16.4. The Balaban J connectivity index is 1.32. The second kappa shape index (κ2) is 7.60. The van der Waals surface area contributed by atoms with Gasteiger partial charge in [-0.05, 0) is 62.6 Å². The van der Waals surface area contributed by atoms with Gasteiger partial charge >= 0.3 is 17.2 Å². The van der Waals surface area contributed by atoms with Crippen molar-refractivity contribution >= 4 is 73.3 Å². The first kappa shape index (κ1) is 24.7. The molecule has 0 radical (unpaired) electrons. The number of rotatable bonds is 0. The average Bonchev–Trinajstić information content (AvgIpc) is 3.86. The molecule has 50 heavy (non-hydrogen) atoms. The number of hydrogen-bond donors (Lipinski definition) is 0. The van der Waals surface area contributed by atoms with Gasteiger partial charge in [-0.3, -0.25) is 0 Å². The zero-order valence-electron chi connectivity index (χ0n) is 26.8. The molecule has 5 aliphatic rings. The molecule has 0 N–H and O–H groups in total.